The molecule has 2 rings (SSSR count). The van der Waals surface area contributed by atoms with E-state index in [9.17, 15) is 4.79 Å². The smallest absolute Gasteiger partial charge is 0.231 e. The topological polar surface area (TPSA) is 24.8 Å². The molecule has 116 valence electrons. The van der Waals surface area contributed by atoms with E-state index in [2.05, 4.69) is 19.9 Å². The van der Waals surface area contributed by atoms with Gasteiger partial charge in [-0.15, -0.1) is 0 Å². The lowest BCUT2D eigenvalue weighted by Gasteiger charge is -2.32. The highest BCUT2D eigenvalue weighted by molar-refractivity contribution is 6.30. The molecule has 1 aromatic carbocycles. The van der Waals surface area contributed by atoms with Crippen molar-refractivity contribution in [1.82, 2.24) is 4.90 Å². The van der Waals surface area contributed by atoms with Gasteiger partial charge >= 0.3 is 0 Å². The van der Waals surface area contributed by atoms with Crippen LogP contribution in [-0.2, 0) is 11.3 Å². The lowest BCUT2D eigenvalue weighted by molar-refractivity contribution is -0.921. The van der Waals surface area contributed by atoms with Crippen molar-refractivity contribution in [2.75, 3.05) is 26.2 Å². The van der Waals surface area contributed by atoms with Crippen molar-refractivity contribution in [2.45, 2.75) is 33.2 Å². The summed E-state index contributed by atoms with van der Waals surface area (Å²) < 4.78 is 0. The fraction of sp³-hybridized carbons (Fsp3) is 0.588. The molecule has 0 aromatic heterocycles. The van der Waals surface area contributed by atoms with Crippen LogP contribution in [0.2, 0.25) is 5.02 Å². The predicted molar refractivity (Wildman–Crippen MR) is 86.5 cm³/mol. The van der Waals surface area contributed by atoms with Gasteiger partial charge in [-0.25, -0.2) is 0 Å². The summed E-state index contributed by atoms with van der Waals surface area (Å²) >= 11 is 6.05. The Kier molecular flexibility index (Phi) is 6.07. The van der Waals surface area contributed by atoms with E-state index >= 15 is 0 Å². The van der Waals surface area contributed by atoms with Crippen molar-refractivity contribution in [2.24, 2.45) is 5.92 Å². The number of amides is 1. The van der Waals surface area contributed by atoms with Gasteiger partial charge in [0.15, 0.2) is 0 Å². The van der Waals surface area contributed by atoms with Crippen molar-refractivity contribution in [3.05, 3.63) is 34.9 Å². The summed E-state index contributed by atoms with van der Waals surface area (Å²) in [5.41, 5.74) is 1.26. The summed E-state index contributed by atoms with van der Waals surface area (Å²) in [4.78, 5) is 16.0. The van der Waals surface area contributed by atoms with Crippen LogP contribution in [0.1, 0.15) is 32.3 Å². The monoisotopic (exact) mass is 309 g/mol. The highest BCUT2D eigenvalue weighted by Crippen LogP contribution is 2.13. The van der Waals surface area contributed by atoms with Gasteiger partial charge in [0.05, 0.1) is 19.0 Å². The molecular formula is C17H26ClN2O+. The fourth-order valence-electron chi connectivity index (χ4n) is 3.25. The Labute approximate surface area is 132 Å². The first kappa shape index (κ1) is 16.3. The average Bonchev–Trinajstić information content (AvgIpc) is 2.48. The Morgan fingerprint density at radius 1 is 1.38 bits per heavy atom. The Balaban J connectivity index is 1.96. The van der Waals surface area contributed by atoms with Gasteiger partial charge in [-0.1, -0.05) is 23.7 Å². The highest BCUT2D eigenvalue weighted by atomic mass is 35.5. The summed E-state index contributed by atoms with van der Waals surface area (Å²) in [7, 11) is 0. The molecule has 0 aliphatic carbocycles. The number of quaternary nitrogens is 1. The maximum atomic E-state index is 12.5. The Bertz CT molecular complexity index is 474. The molecule has 4 heteroatoms. The minimum atomic E-state index is 0.188. The van der Waals surface area contributed by atoms with E-state index in [1.165, 1.54) is 10.5 Å². The van der Waals surface area contributed by atoms with Crippen LogP contribution in [0.15, 0.2) is 24.3 Å². The number of likely N-dealkylation sites (tertiary alicyclic amines) is 1. The lowest BCUT2D eigenvalue weighted by atomic mass is 9.96. The number of nitrogens with zero attached hydrogens (tertiary/aromatic N) is 1. The van der Waals surface area contributed by atoms with Gasteiger partial charge in [0, 0.05) is 23.7 Å². The summed E-state index contributed by atoms with van der Waals surface area (Å²) in [6.45, 7) is 8.80. The highest BCUT2D eigenvalue weighted by Gasteiger charge is 2.30. The van der Waals surface area contributed by atoms with Crippen molar-refractivity contribution < 1.29 is 9.69 Å². The molecule has 1 aliphatic heterocycles. The van der Waals surface area contributed by atoms with Crippen molar-refractivity contribution in [3.8, 4) is 0 Å². The molecule has 1 unspecified atom stereocenters. The molecule has 0 saturated carbocycles. The zero-order chi connectivity index (χ0) is 15.2. The van der Waals surface area contributed by atoms with E-state index < -0.39 is 0 Å². The third-order valence-electron chi connectivity index (χ3n) is 4.39. The van der Waals surface area contributed by atoms with E-state index in [4.69, 9.17) is 11.6 Å². The van der Waals surface area contributed by atoms with Gasteiger partial charge in [0.2, 0.25) is 5.91 Å². The molecule has 1 saturated heterocycles. The van der Waals surface area contributed by atoms with Crippen LogP contribution in [0, 0.1) is 5.92 Å². The molecular weight excluding hydrogens is 284 g/mol. The number of hydrogen-bond acceptors (Lipinski definition) is 1. The van der Waals surface area contributed by atoms with Crippen LogP contribution in [0.4, 0.5) is 0 Å². The van der Waals surface area contributed by atoms with Gasteiger partial charge in [0.25, 0.3) is 0 Å². The third-order valence-corrected chi connectivity index (χ3v) is 4.62. The summed E-state index contributed by atoms with van der Waals surface area (Å²) in [6.07, 6.45) is 2.17. The molecule has 2 atom stereocenters. The first-order valence-corrected chi connectivity index (χ1v) is 8.38. The molecule has 1 aliphatic rings. The first-order chi connectivity index (χ1) is 10.1. The summed E-state index contributed by atoms with van der Waals surface area (Å²) in [6, 6.07) is 8.06. The van der Waals surface area contributed by atoms with Crippen LogP contribution < -0.4 is 4.90 Å². The second kappa shape index (κ2) is 7.81. The standard InChI is InChI=1S/C17H25ClN2O/c1-3-20(4-2)17(21)15-8-6-10-19(13-15)12-14-7-5-9-16(18)11-14/h5,7,9,11,15H,3-4,6,8,10,12-13H2,1-2H3/p+1/t15-/m1/s1. The largest absolute Gasteiger partial charge is 0.343 e. The molecule has 0 radical (unpaired) electrons. The van der Waals surface area contributed by atoms with E-state index in [-0.39, 0.29) is 5.92 Å². The number of carbonyl (C=O) groups is 1. The van der Waals surface area contributed by atoms with Gasteiger partial charge in [-0.05, 0) is 38.8 Å². The Morgan fingerprint density at radius 3 is 2.81 bits per heavy atom. The summed E-state index contributed by atoms with van der Waals surface area (Å²) in [5.74, 6) is 0.524. The van der Waals surface area contributed by atoms with Crippen molar-refractivity contribution in [1.29, 1.82) is 0 Å². The minimum Gasteiger partial charge on any atom is -0.343 e. The fourth-order valence-corrected chi connectivity index (χ4v) is 3.46. The zero-order valence-electron chi connectivity index (χ0n) is 13.1. The van der Waals surface area contributed by atoms with Crippen LogP contribution in [-0.4, -0.2) is 37.0 Å². The predicted octanol–water partition coefficient (Wildman–Crippen LogP) is 2.00. The molecule has 1 amide bonds. The quantitative estimate of drug-likeness (QED) is 0.884. The molecule has 1 heterocycles. The zero-order valence-corrected chi connectivity index (χ0v) is 13.8. The lowest BCUT2D eigenvalue weighted by Crippen LogP contribution is -3.12. The Hall–Kier alpha value is -1.06. The van der Waals surface area contributed by atoms with Crippen LogP contribution >= 0.6 is 11.6 Å². The number of piperidine rings is 1. The number of hydrogen-bond donors (Lipinski definition) is 1. The molecule has 1 N–H and O–H groups in total. The molecule has 1 fully saturated rings. The average molecular weight is 310 g/mol. The summed E-state index contributed by atoms with van der Waals surface area (Å²) in [5, 5.41) is 0.791. The molecule has 0 bridgehead atoms. The first-order valence-electron chi connectivity index (χ1n) is 8.00. The number of carbonyl (C=O) groups excluding carboxylic acids is 1. The van der Waals surface area contributed by atoms with Gasteiger partial charge in [0.1, 0.15) is 6.54 Å². The van der Waals surface area contributed by atoms with E-state index in [0.29, 0.717) is 5.91 Å². The number of nitrogens with one attached hydrogen (secondary N) is 1. The maximum Gasteiger partial charge on any atom is 0.231 e. The van der Waals surface area contributed by atoms with Crippen molar-refractivity contribution in [3.63, 3.8) is 0 Å². The van der Waals surface area contributed by atoms with Gasteiger partial charge in [-0.2, -0.15) is 0 Å². The molecule has 21 heavy (non-hydrogen) atoms. The van der Waals surface area contributed by atoms with E-state index in [1.54, 1.807) is 0 Å². The Morgan fingerprint density at radius 2 is 2.14 bits per heavy atom. The molecule has 0 spiro atoms. The molecule has 1 aromatic rings. The molecule has 3 nitrogen and oxygen atoms in total. The van der Waals surface area contributed by atoms with Gasteiger partial charge < -0.3 is 9.80 Å². The second-order valence-electron chi connectivity index (χ2n) is 5.86. The third kappa shape index (κ3) is 4.45. The maximum absolute atomic E-state index is 12.5. The SMILES string of the molecule is CCN(CC)C(=O)[C@@H]1CCC[NH+](Cc2cccc(Cl)c2)C1. The van der Waals surface area contributed by atoms with Crippen LogP contribution in [0.3, 0.4) is 0 Å². The second-order valence-corrected chi connectivity index (χ2v) is 6.30. The normalized spacial score (nSPS) is 22.0. The van der Waals surface area contributed by atoms with Gasteiger partial charge in [-0.3, -0.25) is 4.79 Å². The van der Waals surface area contributed by atoms with Crippen molar-refractivity contribution >= 4 is 17.5 Å². The van der Waals surface area contributed by atoms with E-state index in [0.717, 1.165) is 50.6 Å². The number of rotatable bonds is 5. The number of benzene rings is 1. The van der Waals surface area contributed by atoms with E-state index in [1.807, 2.05) is 23.1 Å². The van der Waals surface area contributed by atoms with Crippen LogP contribution in [0.5, 0.6) is 0 Å². The minimum absolute atomic E-state index is 0.188. The van der Waals surface area contributed by atoms with Crippen LogP contribution in [0.25, 0.3) is 0 Å². The number of halogens is 1.